The predicted octanol–water partition coefficient (Wildman–Crippen LogP) is 2.99. The van der Waals surface area contributed by atoms with Crippen LogP contribution in [0.25, 0.3) is 0 Å². The van der Waals surface area contributed by atoms with Crippen molar-refractivity contribution in [2.75, 3.05) is 6.61 Å². The summed E-state index contributed by atoms with van der Waals surface area (Å²) < 4.78 is 22.7. The number of carbonyl (C=O) groups excluding carboxylic acids is 2. The molecule has 0 bridgehead atoms. The van der Waals surface area contributed by atoms with Crippen molar-refractivity contribution in [1.29, 1.82) is 0 Å². The number of nitrogens with one attached hydrogen (secondary N) is 1. The maximum absolute atomic E-state index is 12.3. The molecule has 196 valence electrons. The zero-order valence-corrected chi connectivity index (χ0v) is 21.7. The van der Waals surface area contributed by atoms with Crippen LogP contribution in [0.15, 0.2) is 36.0 Å². The fourth-order valence-electron chi connectivity index (χ4n) is 4.91. The Hall–Kier alpha value is -2.00. The van der Waals surface area contributed by atoms with E-state index in [1.807, 2.05) is 32.9 Å². The number of epoxide rings is 1. The molecule has 3 aliphatic rings. The zero-order valence-electron chi connectivity index (χ0n) is 21.7. The van der Waals surface area contributed by atoms with E-state index in [1.165, 1.54) is 13.0 Å². The lowest BCUT2D eigenvalue weighted by Crippen LogP contribution is -2.50. The molecular weight excluding hydrogens is 450 g/mol. The molecule has 0 aromatic rings. The zero-order chi connectivity index (χ0) is 25.8. The van der Waals surface area contributed by atoms with E-state index in [0.717, 1.165) is 24.8 Å². The molecule has 0 saturated carbocycles. The number of aliphatic hydroxyl groups excluding tert-OH is 1. The van der Waals surface area contributed by atoms with Crippen molar-refractivity contribution in [2.24, 2.45) is 5.92 Å². The molecule has 35 heavy (non-hydrogen) atoms. The van der Waals surface area contributed by atoms with Crippen LogP contribution < -0.4 is 5.32 Å². The SMILES string of the molecule is CC(=O)O[C@@H](C)/C=C\C(=O)N[C@@H]1C[C@H](C)[C@H](C/C=C(C)/C=C/[C@H]2O[C@H](C)C[C@@]3(CO3)[C@@H]2O)O[C@@H]1C. The second-order valence-electron chi connectivity index (χ2n) is 10.3. The average Bonchev–Trinajstić information content (AvgIpc) is 3.54. The van der Waals surface area contributed by atoms with Crippen LogP contribution in [0.5, 0.6) is 0 Å². The van der Waals surface area contributed by atoms with Gasteiger partial charge in [0.2, 0.25) is 5.91 Å². The standard InChI is InChI=1S/C27H41NO7/c1-16(8-11-24-26(31)27(15-32-27)14-19(4)34-24)7-10-23-17(2)13-22(20(5)35-23)28-25(30)12-9-18(3)33-21(6)29/h7-9,11-12,17-20,22-24,26,31H,10,13-15H2,1-6H3,(H,28,30)/b11-8+,12-9-,16-7+/t17-,18-,19+,20+,22+,23-,24+,26+,27+/m0/s1. The Morgan fingerprint density at radius 3 is 2.57 bits per heavy atom. The van der Waals surface area contributed by atoms with E-state index >= 15 is 0 Å². The van der Waals surface area contributed by atoms with E-state index in [-0.39, 0.29) is 48.3 Å². The highest BCUT2D eigenvalue weighted by Gasteiger charge is 2.57. The first-order valence-electron chi connectivity index (χ1n) is 12.6. The number of hydrogen-bond donors (Lipinski definition) is 2. The molecule has 3 rings (SSSR count). The third-order valence-electron chi connectivity index (χ3n) is 7.02. The van der Waals surface area contributed by atoms with Crippen molar-refractivity contribution in [3.05, 3.63) is 36.0 Å². The second-order valence-corrected chi connectivity index (χ2v) is 10.3. The molecular formula is C27H41NO7. The molecule has 9 atom stereocenters. The molecule has 0 aromatic carbocycles. The highest BCUT2D eigenvalue weighted by molar-refractivity contribution is 5.87. The van der Waals surface area contributed by atoms with Gasteiger partial charge >= 0.3 is 5.97 Å². The molecule has 8 nitrogen and oxygen atoms in total. The van der Waals surface area contributed by atoms with Gasteiger partial charge in [-0.15, -0.1) is 0 Å². The summed E-state index contributed by atoms with van der Waals surface area (Å²) >= 11 is 0. The summed E-state index contributed by atoms with van der Waals surface area (Å²) in [6.07, 6.45) is 9.86. The summed E-state index contributed by atoms with van der Waals surface area (Å²) in [6.45, 7) is 11.8. The largest absolute Gasteiger partial charge is 0.459 e. The van der Waals surface area contributed by atoms with Crippen LogP contribution in [0.3, 0.4) is 0 Å². The van der Waals surface area contributed by atoms with Crippen LogP contribution in [-0.4, -0.2) is 71.9 Å². The van der Waals surface area contributed by atoms with E-state index in [0.29, 0.717) is 6.61 Å². The van der Waals surface area contributed by atoms with Gasteiger partial charge in [-0.2, -0.15) is 0 Å². The molecule has 3 heterocycles. The molecule has 1 amide bonds. The Morgan fingerprint density at radius 2 is 1.91 bits per heavy atom. The monoisotopic (exact) mass is 491 g/mol. The Bertz CT molecular complexity index is 846. The summed E-state index contributed by atoms with van der Waals surface area (Å²) in [4.78, 5) is 23.3. The van der Waals surface area contributed by atoms with Crippen molar-refractivity contribution < 1.29 is 33.6 Å². The van der Waals surface area contributed by atoms with E-state index in [9.17, 15) is 14.7 Å². The summed E-state index contributed by atoms with van der Waals surface area (Å²) in [7, 11) is 0. The van der Waals surface area contributed by atoms with Crippen LogP contribution in [0.1, 0.15) is 60.8 Å². The van der Waals surface area contributed by atoms with Gasteiger partial charge in [0.1, 0.15) is 23.9 Å². The Labute approximate surface area is 208 Å². The van der Waals surface area contributed by atoms with Gasteiger partial charge in [0.15, 0.2) is 0 Å². The molecule has 3 aliphatic heterocycles. The lowest BCUT2D eigenvalue weighted by Gasteiger charge is -2.39. The van der Waals surface area contributed by atoms with Crippen molar-refractivity contribution in [3.63, 3.8) is 0 Å². The maximum atomic E-state index is 12.3. The summed E-state index contributed by atoms with van der Waals surface area (Å²) in [5.41, 5.74) is 0.657. The van der Waals surface area contributed by atoms with Crippen molar-refractivity contribution in [1.82, 2.24) is 5.32 Å². The number of ether oxygens (including phenoxy) is 4. The van der Waals surface area contributed by atoms with Gasteiger partial charge in [-0.1, -0.05) is 30.7 Å². The molecule has 2 N–H and O–H groups in total. The number of rotatable bonds is 8. The fraction of sp³-hybridized carbons (Fsp3) is 0.704. The summed E-state index contributed by atoms with van der Waals surface area (Å²) in [6, 6.07) is -0.0868. The first-order valence-corrected chi connectivity index (χ1v) is 12.6. The Kier molecular flexibility index (Phi) is 9.32. The van der Waals surface area contributed by atoms with E-state index in [1.54, 1.807) is 13.0 Å². The van der Waals surface area contributed by atoms with Crippen molar-refractivity contribution in [3.8, 4) is 0 Å². The molecule has 0 radical (unpaired) electrons. The summed E-state index contributed by atoms with van der Waals surface area (Å²) in [5, 5.41) is 13.6. The highest BCUT2D eigenvalue weighted by Crippen LogP contribution is 2.42. The Balaban J connectivity index is 1.47. The fourth-order valence-corrected chi connectivity index (χ4v) is 4.91. The smallest absolute Gasteiger partial charge is 0.303 e. The topological polar surface area (TPSA) is 107 Å². The van der Waals surface area contributed by atoms with E-state index in [4.69, 9.17) is 18.9 Å². The van der Waals surface area contributed by atoms with E-state index in [2.05, 4.69) is 18.3 Å². The first kappa shape index (κ1) is 27.6. The number of esters is 1. The molecule has 1 spiro atoms. The average molecular weight is 492 g/mol. The lowest BCUT2D eigenvalue weighted by atomic mass is 9.87. The first-order chi connectivity index (χ1) is 16.5. The van der Waals surface area contributed by atoms with Crippen LogP contribution >= 0.6 is 0 Å². The predicted molar refractivity (Wildman–Crippen MR) is 132 cm³/mol. The molecule has 0 aliphatic carbocycles. The van der Waals surface area contributed by atoms with Crippen molar-refractivity contribution >= 4 is 11.9 Å². The highest BCUT2D eigenvalue weighted by atomic mass is 16.6. The van der Waals surface area contributed by atoms with Crippen LogP contribution in [0.2, 0.25) is 0 Å². The second kappa shape index (κ2) is 11.8. The van der Waals surface area contributed by atoms with Gasteiger partial charge in [-0.25, -0.2) is 0 Å². The lowest BCUT2D eigenvalue weighted by molar-refractivity contribution is -0.143. The number of carbonyl (C=O) groups is 2. The van der Waals surface area contributed by atoms with Gasteiger partial charge in [-0.3, -0.25) is 9.59 Å². The molecule has 8 heteroatoms. The third kappa shape index (κ3) is 7.74. The number of aliphatic hydroxyl groups is 1. The molecule has 0 aromatic heterocycles. The molecule has 3 fully saturated rings. The van der Waals surface area contributed by atoms with Crippen molar-refractivity contribution in [2.45, 2.75) is 109 Å². The normalized spacial score (nSPS) is 38.6. The minimum absolute atomic E-state index is 0.0546. The van der Waals surface area contributed by atoms with E-state index < -0.39 is 17.8 Å². The van der Waals surface area contributed by atoms with Gasteiger partial charge < -0.3 is 29.4 Å². The van der Waals surface area contributed by atoms with Gasteiger partial charge in [0.05, 0.1) is 31.0 Å². The maximum Gasteiger partial charge on any atom is 0.303 e. The number of hydrogen-bond acceptors (Lipinski definition) is 7. The quantitative estimate of drug-likeness (QED) is 0.233. The van der Waals surface area contributed by atoms with Crippen LogP contribution in [0.4, 0.5) is 0 Å². The molecule has 3 saturated heterocycles. The van der Waals surface area contributed by atoms with Gasteiger partial charge in [-0.05, 0) is 52.5 Å². The number of amides is 1. The van der Waals surface area contributed by atoms with Crippen LogP contribution in [0, 0.1) is 5.92 Å². The van der Waals surface area contributed by atoms with Gasteiger partial charge in [0.25, 0.3) is 0 Å². The minimum Gasteiger partial charge on any atom is -0.459 e. The molecule has 0 unspecified atom stereocenters. The van der Waals surface area contributed by atoms with Crippen LogP contribution in [-0.2, 0) is 28.5 Å². The minimum atomic E-state index is -0.642. The number of allylic oxidation sites excluding steroid dienone is 2. The third-order valence-corrected chi connectivity index (χ3v) is 7.02. The summed E-state index contributed by atoms with van der Waals surface area (Å²) in [5.74, 6) is -0.340. The van der Waals surface area contributed by atoms with Gasteiger partial charge in [0, 0.05) is 19.4 Å². The Morgan fingerprint density at radius 1 is 1.20 bits per heavy atom.